The molecule has 1 aromatic heterocycles. The van der Waals surface area contributed by atoms with Crippen molar-refractivity contribution in [2.24, 2.45) is 0 Å². The Kier molecular flexibility index (Phi) is 4.27. The van der Waals surface area contributed by atoms with E-state index < -0.39 is 0 Å². The minimum atomic E-state index is -0.105. The van der Waals surface area contributed by atoms with Gasteiger partial charge in [0.15, 0.2) is 11.5 Å². The van der Waals surface area contributed by atoms with Crippen LogP contribution in [0, 0.1) is 0 Å². The summed E-state index contributed by atoms with van der Waals surface area (Å²) >= 11 is 0. The maximum Gasteiger partial charge on any atom is 0.272 e. The summed E-state index contributed by atoms with van der Waals surface area (Å²) in [5.41, 5.74) is 1.13. The molecule has 0 spiro atoms. The van der Waals surface area contributed by atoms with Crippen LogP contribution < -0.4 is 14.8 Å². The van der Waals surface area contributed by atoms with Gasteiger partial charge in [0.2, 0.25) is 12.7 Å². The number of hydrogen-bond donors (Lipinski definition) is 1. The Balaban J connectivity index is 1.79. The summed E-state index contributed by atoms with van der Waals surface area (Å²) in [5, 5.41) is 3.08. The van der Waals surface area contributed by atoms with Gasteiger partial charge in [-0.15, -0.1) is 0 Å². The van der Waals surface area contributed by atoms with Crippen molar-refractivity contribution in [3.63, 3.8) is 0 Å². The lowest BCUT2D eigenvalue weighted by Gasteiger charge is -2.18. The van der Waals surface area contributed by atoms with Gasteiger partial charge in [0.05, 0.1) is 0 Å². The van der Waals surface area contributed by atoms with Gasteiger partial charge in [0, 0.05) is 31.0 Å². The molecule has 1 aromatic carbocycles. The SMILES string of the molecule is CCN(CC)C(=O)c1ccnc(Nc2ccc3c(c2)OCO3)n1. The monoisotopic (exact) mass is 314 g/mol. The zero-order valence-electron chi connectivity index (χ0n) is 13.1. The van der Waals surface area contributed by atoms with Crippen LogP contribution in [0.1, 0.15) is 24.3 Å². The highest BCUT2D eigenvalue weighted by atomic mass is 16.7. The minimum Gasteiger partial charge on any atom is -0.454 e. The smallest absolute Gasteiger partial charge is 0.272 e. The third-order valence-corrected chi connectivity index (χ3v) is 3.55. The van der Waals surface area contributed by atoms with E-state index in [4.69, 9.17) is 9.47 Å². The summed E-state index contributed by atoms with van der Waals surface area (Å²) in [6, 6.07) is 7.08. The van der Waals surface area contributed by atoms with Crippen molar-refractivity contribution in [3.05, 3.63) is 36.2 Å². The van der Waals surface area contributed by atoms with Crippen LogP contribution in [-0.4, -0.2) is 40.7 Å². The van der Waals surface area contributed by atoms with E-state index in [-0.39, 0.29) is 12.7 Å². The Morgan fingerprint density at radius 2 is 2.00 bits per heavy atom. The van der Waals surface area contributed by atoms with Crippen molar-refractivity contribution < 1.29 is 14.3 Å². The molecule has 2 heterocycles. The van der Waals surface area contributed by atoms with Crippen LogP contribution in [0.15, 0.2) is 30.5 Å². The molecule has 0 atom stereocenters. The van der Waals surface area contributed by atoms with Crippen LogP contribution in [0.25, 0.3) is 0 Å². The number of nitrogens with zero attached hydrogens (tertiary/aromatic N) is 3. The van der Waals surface area contributed by atoms with Gasteiger partial charge in [0.1, 0.15) is 5.69 Å². The average Bonchev–Trinajstić information content (AvgIpc) is 3.04. The molecule has 0 saturated carbocycles. The number of ether oxygens (including phenoxy) is 2. The number of rotatable bonds is 5. The highest BCUT2D eigenvalue weighted by Gasteiger charge is 2.16. The topological polar surface area (TPSA) is 76.6 Å². The summed E-state index contributed by atoms with van der Waals surface area (Å²) < 4.78 is 10.6. The van der Waals surface area contributed by atoms with Crippen molar-refractivity contribution >= 4 is 17.5 Å². The second-order valence-corrected chi connectivity index (χ2v) is 4.94. The van der Waals surface area contributed by atoms with Crippen molar-refractivity contribution in [2.45, 2.75) is 13.8 Å². The molecule has 0 aliphatic carbocycles. The zero-order chi connectivity index (χ0) is 16.2. The van der Waals surface area contributed by atoms with Gasteiger partial charge in [-0.25, -0.2) is 9.97 Å². The molecule has 23 heavy (non-hydrogen) atoms. The molecular weight excluding hydrogens is 296 g/mol. The van der Waals surface area contributed by atoms with E-state index >= 15 is 0 Å². The van der Waals surface area contributed by atoms with Crippen molar-refractivity contribution in [1.82, 2.24) is 14.9 Å². The Morgan fingerprint density at radius 3 is 2.78 bits per heavy atom. The predicted octanol–water partition coefficient (Wildman–Crippen LogP) is 2.43. The average molecular weight is 314 g/mol. The lowest BCUT2D eigenvalue weighted by molar-refractivity contribution is 0.0767. The Bertz CT molecular complexity index is 716. The molecule has 0 radical (unpaired) electrons. The first kappa shape index (κ1) is 15.1. The summed E-state index contributed by atoms with van der Waals surface area (Å²) in [7, 11) is 0. The number of aromatic nitrogens is 2. The summed E-state index contributed by atoms with van der Waals surface area (Å²) in [4.78, 5) is 22.5. The summed E-state index contributed by atoms with van der Waals surface area (Å²) in [6.45, 7) is 5.39. The maximum atomic E-state index is 12.3. The second kappa shape index (κ2) is 6.51. The number of benzene rings is 1. The molecule has 3 rings (SSSR count). The fraction of sp³-hybridized carbons (Fsp3) is 0.312. The van der Waals surface area contributed by atoms with E-state index in [9.17, 15) is 4.79 Å². The molecule has 1 amide bonds. The van der Waals surface area contributed by atoms with Crippen molar-refractivity contribution in [1.29, 1.82) is 0 Å². The predicted molar refractivity (Wildman–Crippen MR) is 85.1 cm³/mol. The summed E-state index contributed by atoms with van der Waals surface area (Å²) in [6.07, 6.45) is 1.57. The van der Waals surface area contributed by atoms with Gasteiger partial charge in [-0.05, 0) is 32.0 Å². The van der Waals surface area contributed by atoms with E-state index in [0.717, 1.165) is 5.69 Å². The van der Waals surface area contributed by atoms with Crippen LogP contribution in [0.3, 0.4) is 0 Å². The molecule has 7 heteroatoms. The molecule has 1 aliphatic heterocycles. The highest BCUT2D eigenvalue weighted by molar-refractivity contribution is 5.92. The Hall–Kier alpha value is -2.83. The molecule has 0 bridgehead atoms. The molecule has 0 fully saturated rings. The quantitative estimate of drug-likeness (QED) is 0.913. The van der Waals surface area contributed by atoms with E-state index in [1.807, 2.05) is 32.0 Å². The van der Waals surface area contributed by atoms with Gasteiger partial charge in [0.25, 0.3) is 5.91 Å². The van der Waals surface area contributed by atoms with Gasteiger partial charge in [-0.2, -0.15) is 0 Å². The molecule has 120 valence electrons. The van der Waals surface area contributed by atoms with Gasteiger partial charge in [-0.3, -0.25) is 4.79 Å². The van der Waals surface area contributed by atoms with Crippen molar-refractivity contribution in [3.8, 4) is 11.5 Å². The van der Waals surface area contributed by atoms with Crippen molar-refractivity contribution in [2.75, 3.05) is 25.2 Å². The fourth-order valence-corrected chi connectivity index (χ4v) is 2.31. The third-order valence-electron chi connectivity index (χ3n) is 3.55. The standard InChI is InChI=1S/C16H18N4O3/c1-3-20(4-2)15(21)12-7-8-17-16(19-12)18-11-5-6-13-14(9-11)23-10-22-13/h5-9H,3-4,10H2,1-2H3,(H,17,18,19). The number of amides is 1. The van der Waals surface area contributed by atoms with E-state index in [1.54, 1.807) is 17.2 Å². The summed E-state index contributed by atoms with van der Waals surface area (Å²) in [5.74, 6) is 1.64. The van der Waals surface area contributed by atoms with Crippen LogP contribution >= 0.6 is 0 Å². The number of carbonyl (C=O) groups excluding carboxylic acids is 1. The number of hydrogen-bond acceptors (Lipinski definition) is 6. The fourth-order valence-electron chi connectivity index (χ4n) is 2.31. The van der Waals surface area contributed by atoms with E-state index in [0.29, 0.717) is 36.2 Å². The molecule has 2 aromatic rings. The largest absolute Gasteiger partial charge is 0.454 e. The molecule has 0 saturated heterocycles. The van der Waals surface area contributed by atoms with Gasteiger partial charge < -0.3 is 19.7 Å². The molecule has 1 N–H and O–H groups in total. The second-order valence-electron chi connectivity index (χ2n) is 4.94. The van der Waals surface area contributed by atoms with E-state index in [1.165, 1.54) is 0 Å². The van der Waals surface area contributed by atoms with Crippen LogP contribution in [0.2, 0.25) is 0 Å². The lowest BCUT2D eigenvalue weighted by Crippen LogP contribution is -2.31. The van der Waals surface area contributed by atoms with Crippen LogP contribution in [-0.2, 0) is 0 Å². The van der Waals surface area contributed by atoms with Gasteiger partial charge in [-0.1, -0.05) is 0 Å². The molecule has 7 nitrogen and oxygen atoms in total. The normalized spacial score (nSPS) is 12.1. The third kappa shape index (κ3) is 3.18. The number of nitrogens with one attached hydrogen (secondary N) is 1. The zero-order valence-corrected chi connectivity index (χ0v) is 13.1. The Labute approximate surface area is 134 Å². The highest BCUT2D eigenvalue weighted by Crippen LogP contribution is 2.34. The Morgan fingerprint density at radius 1 is 1.22 bits per heavy atom. The van der Waals surface area contributed by atoms with Crippen LogP contribution in [0.5, 0.6) is 11.5 Å². The number of anilines is 2. The van der Waals surface area contributed by atoms with Gasteiger partial charge >= 0.3 is 0 Å². The lowest BCUT2D eigenvalue weighted by atomic mass is 10.3. The molecule has 1 aliphatic rings. The molecular formula is C16H18N4O3. The maximum absolute atomic E-state index is 12.3. The van der Waals surface area contributed by atoms with E-state index in [2.05, 4.69) is 15.3 Å². The first-order chi connectivity index (χ1) is 11.2. The number of fused-ring (bicyclic) bond motifs is 1. The molecule has 0 unspecified atom stereocenters. The minimum absolute atomic E-state index is 0.105. The number of carbonyl (C=O) groups is 1. The first-order valence-electron chi connectivity index (χ1n) is 7.50. The van der Waals surface area contributed by atoms with Crippen LogP contribution in [0.4, 0.5) is 11.6 Å². The first-order valence-corrected chi connectivity index (χ1v) is 7.50.